The van der Waals surface area contributed by atoms with E-state index in [1.165, 1.54) is 0 Å². The van der Waals surface area contributed by atoms with Crippen LogP contribution in [-0.4, -0.2) is 22.1 Å². The molecule has 4 nitrogen and oxygen atoms in total. The minimum Gasteiger partial charge on any atom is -0.480 e. The Morgan fingerprint density at radius 3 is 3.00 bits per heavy atom. The summed E-state index contributed by atoms with van der Waals surface area (Å²) in [5.74, 6) is -0.970. The Hall–Kier alpha value is -1.81. The predicted octanol–water partition coefficient (Wildman–Crippen LogP) is 1.12. The monoisotopic (exact) mass is 204 g/mol. The molecule has 0 saturated carbocycles. The number of hydrogen-bond acceptors (Lipinski definition) is 2. The molecule has 0 spiro atoms. The number of carbonyl (C=O) groups is 1. The van der Waals surface area contributed by atoms with Gasteiger partial charge < -0.3 is 15.8 Å². The van der Waals surface area contributed by atoms with Gasteiger partial charge in [-0.05, 0) is 24.1 Å². The van der Waals surface area contributed by atoms with Gasteiger partial charge in [0.15, 0.2) is 0 Å². The first kappa shape index (κ1) is 9.73. The first-order valence-corrected chi connectivity index (χ1v) is 4.72. The summed E-state index contributed by atoms with van der Waals surface area (Å²) in [6.07, 6.45) is 2.19. The van der Waals surface area contributed by atoms with Gasteiger partial charge in [0.25, 0.3) is 0 Å². The van der Waals surface area contributed by atoms with Crippen molar-refractivity contribution in [2.24, 2.45) is 5.73 Å². The molecule has 1 aromatic carbocycles. The van der Waals surface area contributed by atoms with Gasteiger partial charge in [0.05, 0.1) is 0 Å². The van der Waals surface area contributed by atoms with Crippen LogP contribution in [0.25, 0.3) is 10.9 Å². The Bertz CT molecular complexity index is 490. The van der Waals surface area contributed by atoms with E-state index >= 15 is 0 Å². The van der Waals surface area contributed by atoms with Crippen LogP contribution in [0.2, 0.25) is 0 Å². The molecular weight excluding hydrogens is 192 g/mol. The van der Waals surface area contributed by atoms with E-state index in [1.54, 1.807) is 0 Å². The molecule has 0 saturated heterocycles. The maximum atomic E-state index is 10.6. The highest BCUT2D eigenvalue weighted by molar-refractivity contribution is 5.84. The molecule has 0 aliphatic carbocycles. The summed E-state index contributed by atoms with van der Waals surface area (Å²) < 4.78 is 0. The number of aromatic amines is 1. The third kappa shape index (κ3) is 1.85. The number of fused-ring (bicyclic) bond motifs is 1. The molecule has 1 heterocycles. The highest BCUT2D eigenvalue weighted by Crippen LogP contribution is 2.18. The Kier molecular flexibility index (Phi) is 2.43. The molecule has 4 N–H and O–H groups in total. The van der Waals surface area contributed by atoms with Gasteiger partial charge in [-0.1, -0.05) is 12.1 Å². The third-order valence-corrected chi connectivity index (χ3v) is 2.44. The largest absolute Gasteiger partial charge is 0.480 e. The van der Waals surface area contributed by atoms with Gasteiger partial charge in [-0.2, -0.15) is 0 Å². The number of nitrogens with two attached hydrogens (primary N) is 1. The van der Waals surface area contributed by atoms with Gasteiger partial charge in [0.2, 0.25) is 0 Å². The molecule has 0 aliphatic rings. The van der Waals surface area contributed by atoms with Crippen LogP contribution in [0.5, 0.6) is 0 Å². The maximum Gasteiger partial charge on any atom is 0.320 e. The number of carboxylic acids is 1. The number of nitrogens with one attached hydrogen (secondary N) is 1. The summed E-state index contributed by atoms with van der Waals surface area (Å²) in [7, 11) is 0. The van der Waals surface area contributed by atoms with Crippen LogP contribution in [-0.2, 0) is 11.2 Å². The highest BCUT2D eigenvalue weighted by Gasteiger charge is 2.13. The van der Waals surface area contributed by atoms with E-state index in [0.29, 0.717) is 6.42 Å². The lowest BCUT2D eigenvalue weighted by atomic mass is 10.0. The fraction of sp³-hybridized carbons (Fsp3) is 0.182. The van der Waals surface area contributed by atoms with Crippen molar-refractivity contribution >= 4 is 16.9 Å². The van der Waals surface area contributed by atoms with E-state index in [4.69, 9.17) is 10.8 Å². The van der Waals surface area contributed by atoms with Crippen molar-refractivity contribution in [2.45, 2.75) is 12.5 Å². The lowest BCUT2D eigenvalue weighted by Gasteiger charge is -2.07. The second-order valence-electron chi connectivity index (χ2n) is 3.50. The molecule has 2 rings (SSSR count). The molecule has 1 atom stereocenters. The third-order valence-electron chi connectivity index (χ3n) is 2.44. The second kappa shape index (κ2) is 3.74. The summed E-state index contributed by atoms with van der Waals surface area (Å²) in [4.78, 5) is 13.7. The molecule has 1 aromatic heterocycles. The molecule has 78 valence electrons. The molecule has 0 bridgehead atoms. The van der Waals surface area contributed by atoms with Crippen molar-refractivity contribution in [2.75, 3.05) is 0 Å². The fourth-order valence-electron chi connectivity index (χ4n) is 1.65. The molecule has 2 aromatic rings. The van der Waals surface area contributed by atoms with E-state index in [1.807, 2.05) is 30.5 Å². The predicted molar refractivity (Wildman–Crippen MR) is 57.6 cm³/mol. The Morgan fingerprint density at radius 2 is 2.27 bits per heavy atom. The summed E-state index contributed by atoms with van der Waals surface area (Å²) in [5.41, 5.74) is 7.46. The minimum atomic E-state index is -0.970. The number of benzene rings is 1. The zero-order valence-electron chi connectivity index (χ0n) is 8.10. The zero-order chi connectivity index (χ0) is 10.8. The van der Waals surface area contributed by atoms with Crippen molar-refractivity contribution in [3.63, 3.8) is 0 Å². The van der Waals surface area contributed by atoms with Gasteiger partial charge >= 0.3 is 5.97 Å². The first-order valence-electron chi connectivity index (χ1n) is 4.72. The molecule has 0 fully saturated rings. The standard InChI is InChI=1S/C11H12N2O2/c12-9(11(14)15)6-7-2-1-3-10-8(7)4-5-13-10/h1-5,9,13H,6,12H2,(H,14,15)/t9-/m1/s1. The Labute approximate surface area is 86.7 Å². The van der Waals surface area contributed by atoms with Crippen LogP contribution in [0.4, 0.5) is 0 Å². The van der Waals surface area contributed by atoms with Crippen LogP contribution < -0.4 is 5.73 Å². The number of aromatic nitrogens is 1. The average Bonchev–Trinajstić information content (AvgIpc) is 2.66. The molecule has 0 unspecified atom stereocenters. The van der Waals surface area contributed by atoms with E-state index < -0.39 is 12.0 Å². The van der Waals surface area contributed by atoms with Gasteiger partial charge in [0.1, 0.15) is 6.04 Å². The summed E-state index contributed by atoms with van der Waals surface area (Å²) in [6.45, 7) is 0. The van der Waals surface area contributed by atoms with Crippen molar-refractivity contribution in [3.05, 3.63) is 36.0 Å². The molecule has 0 radical (unpaired) electrons. The van der Waals surface area contributed by atoms with E-state index in [2.05, 4.69) is 4.98 Å². The zero-order valence-corrected chi connectivity index (χ0v) is 8.10. The van der Waals surface area contributed by atoms with Crippen molar-refractivity contribution in [3.8, 4) is 0 Å². The average molecular weight is 204 g/mol. The van der Waals surface area contributed by atoms with Gasteiger partial charge in [-0.3, -0.25) is 4.79 Å². The van der Waals surface area contributed by atoms with Crippen LogP contribution in [0, 0.1) is 0 Å². The van der Waals surface area contributed by atoms with Gasteiger partial charge in [-0.25, -0.2) is 0 Å². The smallest absolute Gasteiger partial charge is 0.320 e. The normalized spacial score (nSPS) is 12.9. The van der Waals surface area contributed by atoms with E-state index in [9.17, 15) is 4.79 Å². The number of hydrogen-bond donors (Lipinski definition) is 3. The van der Waals surface area contributed by atoms with Crippen LogP contribution in [0.3, 0.4) is 0 Å². The number of aliphatic carboxylic acids is 1. The first-order chi connectivity index (χ1) is 7.18. The van der Waals surface area contributed by atoms with Crippen molar-refractivity contribution in [1.82, 2.24) is 4.98 Å². The number of carboxylic acid groups (broad SMARTS) is 1. The minimum absolute atomic E-state index is 0.352. The van der Waals surface area contributed by atoms with Crippen LogP contribution in [0.15, 0.2) is 30.5 Å². The molecular formula is C11H12N2O2. The van der Waals surface area contributed by atoms with E-state index in [0.717, 1.165) is 16.5 Å². The molecule has 4 heteroatoms. The van der Waals surface area contributed by atoms with Gasteiger partial charge in [-0.15, -0.1) is 0 Å². The number of rotatable bonds is 3. The molecule has 0 aliphatic heterocycles. The summed E-state index contributed by atoms with van der Waals surface area (Å²) in [6, 6.07) is 6.83. The van der Waals surface area contributed by atoms with E-state index in [-0.39, 0.29) is 0 Å². The summed E-state index contributed by atoms with van der Waals surface area (Å²) >= 11 is 0. The van der Waals surface area contributed by atoms with Crippen molar-refractivity contribution in [1.29, 1.82) is 0 Å². The molecule has 15 heavy (non-hydrogen) atoms. The Balaban J connectivity index is 2.35. The highest BCUT2D eigenvalue weighted by atomic mass is 16.4. The molecule has 0 amide bonds. The van der Waals surface area contributed by atoms with Crippen LogP contribution in [0.1, 0.15) is 5.56 Å². The fourth-order valence-corrected chi connectivity index (χ4v) is 1.65. The summed E-state index contributed by atoms with van der Waals surface area (Å²) in [5, 5.41) is 9.77. The topological polar surface area (TPSA) is 79.1 Å². The number of H-pyrrole nitrogens is 1. The van der Waals surface area contributed by atoms with Gasteiger partial charge in [0, 0.05) is 17.1 Å². The second-order valence-corrected chi connectivity index (χ2v) is 3.50. The SMILES string of the molecule is N[C@H](Cc1cccc2[nH]ccc12)C(=O)O. The lowest BCUT2D eigenvalue weighted by molar-refractivity contribution is -0.138. The quantitative estimate of drug-likeness (QED) is 0.701. The maximum absolute atomic E-state index is 10.6. The lowest BCUT2D eigenvalue weighted by Crippen LogP contribution is -2.32. The Morgan fingerprint density at radius 1 is 1.47 bits per heavy atom. The van der Waals surface area contributed by atoms with Crippen LogP contribution >= 0.6 is 0 Å². The van der Waals surface area contributed by atoms with Crippen molar-refractivity contribution < 1.29 is 9.90 Å².